The monoisotopic (exact) mass is 293 g/mol. The third-order valence-corrected chi connectivity index (χ3v) is 3.72. The highest BCUT2D eigenvalue weighted by molar-refractivity contribution is 5.38. The van der Waals surface area contributed by atoms with Gasteiger partial charge in [-0.15, -0.1) is 0 Å². The Labute approximate surface area is 133 Å². The Hall–Kier alpha value is -2.08. The first-order valence-electron chi connectivity index (χ1n) is 7.72. The molecule has 2 nitrogen and oxygen atoms in total. The Morgan fingerprint density at radius 3 is 2.73 bits per heavy atom. The molecular weight excluding hydrogens is 270 g/mol. The molecule has 3 N–H and O–H groups in total. The predicted molar refractivity (Wildman–Crippen MR) is 91.5 cm³/mol. The second-order valence-corrected chi connectivity index (χ2v) is 5.45. The molecule has 22 heavy (non-hydrogen) atoms. The lowest BCUT2D eigenvalue weighted by atomic mass is 10.0. The van der Waals surface area contributed by atoms with Gasteiger partial charge in [-0.1, -0.05) is 48.2 Å². The first-order chi connectivity index (χ1) is 10.7. The maximum Gasteiger partial charge on any atom is 0.0802 e. The smallest absolute Gasteiger partial charge is 0.0802 e. The van der Waals surface area contributed by atoms with E-state index in [1.165, 1.54) is 11.1 Å². The lowest BCUT2D eigenvalue weighted by Gasteiger charge is -2.09. The van der Waals surface area contributed by atoms with Gasteiger partial charge in [-0.25, -0.2) is 0 Å². The molecular formula is C20H23NO. The summed E-state index contributed by atoms with van der Waals surface area (Å²) in [4.78, 5) is 0. The number of aliphatic hydroxyl groups excluding tert-OH is 1. The predicted octanol–water partition coefficient (Wildman–Crippen LogP) is 3.36. The van der Waals surface area contributed by atoms with E-state index in [1.54, 1.807) is 0 Å². The molecule has 2 rings (SSSR count). The standard InChI is InChI=1S/C20H23NO/c1-16-7-2-4-10-18(16)11-5-3-8-17-9-6-12-19(15-17)20(22)13-14-21/h2,4,6-7,9-10,12,15,20,22H,5,11,13-14,21H2,1H3. The fourth-order valence-corrected chi connectivity index (χ4v) is 2.40. The molecule has 0 bridgehead atoms. The number of nitrogens with two attached hydrogens (primary N) is 1. The molecule has 0 aliphatic heterocycles. The molecule has 0 radical (unpaired) electrons. The molecule has 0 saturated carbocycles. The van der Waals surface area contributed by atoms with E-state index in [1.807, 2.05) is 24.3 Å². The third-order valence-electron chi connectivity index (χ3n) is 3.72. The zero-order chi connectivity index (χ0) is 15.8. The van der Waals surface area contributed by atoms with Gasteiger partial charge >= 0.3 is 0 Å². The minimum Gasteiger partial charge on any atom is -0.388 e. The van der Waals surface area contributed by atoms with Crippen molar-refractivity contribution in [1.82, 2.24) is 0 Å². The zero-order valence-corrected chi connectivity index (χ0v) is 13.0. The van der Waals surface area contributed by atoms with Crippen molar-refractivity contribution in [3.63, 3.8) is 0 Å². The van der Waals surface area contributed by atoms with Gasteiger partial charge in [0, 0.05) is 12.0 Å². The van der Waals surface area contributed by atoms with Crippen molar-refractivity contribution in [1.29, 1.82) is 0 Å². The van der Waals surface area contributed by atoms with Crippen LogP contribution >= 0.6 is 0 Å². The Bertz CT molecular complexity index is 667. The van der Waals surface area contributed by atoms with E-state index in [0.717, 1.165) is 24.0 Å². The fraction of sp³-hybridized carbons (Fsp3) is 0.300. The highest BCUT2D eigenvalue weighted by Gasteiger charge is 2.05. The molecule has 0 amide bonds. The molecule has 2 aromatic rings. The van der Waals surface area contributed by atoms with Crippen molar-refractivity contribution in [2.75, 3.05) is 6.54 Å². The van der Waals surface area contributed by atoms with Gasteiger partial charge in [0.25, 0.3) is 0 Å². The highest BCUT2D eigenvalue weighted by atomic mass is 16.3. The van der Waals surface area contributed by atoms with Gasteiger partial charge in [-0.05, 0) is 55.1 Å². The van der Waals surface area contributed by atoms with Crippen LogP contribution in [0.25, 0.3) is 0 Å². The van der Waals surface area contributed by atoms with Gasteiger partial charge < -0.3 is 10.8 Å². The van der Waals surface area contributed by atoms with Gasteiger partial charge in [0.05, 0.1) is 6.10 Å². The Morgan fingerprint density at radius 2 is 1.95 bits per heavy atom. The van der Waals surface area contributed by atoms with Crippen molar-refractivity contribution >= 4 is 0 Å². The molecule has 1 unspecified atom stereocenters. The van der Waals surface area contributed by atoms with Gasteiger partial charge in [0.1, 0.15) is 0 Å². The lowest BCUT2D eigenvalue weighted by molar-refractivity contribution is 0.170. The molecule has 1 atom stereocenters. The minimum atomic E-state index is -0.501. The molecule has 0 heterocycles. The third kappa shape index (κ3) is 4.73. The lowest BCUT2D eigenvalue weighted by Crippen LogP contribution is -2.06. The molecule has 0 saturated heterocycles. The van der Waals surface area contributed by atoms with E-state index in [0.29, 0.717) is 13.0 Å². The first kappa shape index (κ1) is 16.3. The average Bonchev–Trinajstić information content (AvgIpc) is 2.54. The van der Waals surface area contributed by atoms with Gasteiger partial charge in [0.2, 0.25) is 0 Å². The summed E-state index contributed by atoms with van der Waals surface area (Å²) in [5.74, 6) is 6.40. The quantitative estimate of drug-likeness (QED) is 0.830. The molecule has 0 aliphatic rings. The Morgan fingerprint density at radius 1 is 1.14 bits per heavy atom. The molecule has 0 aromatic heterocycles. The van der Waals surface area contributed by atoms with Gasteiger partial charge in [-0.3, -0.25) is 0 Å². The van der Waals surface area contributed by atoms with Crippen LogP contribution in [0.5, 0.6) is 0 Å². The summed E-state index contributed by atoms with van der Waals surface area (Å²) in [5.41, 5.74) is 9.98. The van der Waals surface area contributed by atoms with Crippen LogP contribution in [0.2, 0.25) is 0 Å². The van der Waals surface area contributed by atoms with Crippen molar-refractivity contribution < 1.29 is 5.11 Å². The van der Waals surface area contributed by atoms with Crippen molar-refractivity contribution in [3.05, 3.63) is 70.8 Å². The minimum absolute atomic E-state index is 0.480. The highest BCUT2D eigenvalue weighted by Crippen LogP contribution is 2.16. The second kappa shape index (κ2) is 8.38. The van der Waals surface area contributed by atoms with Crippen LogP contribution in [0.1, 0.15) is 41.2 Å². The van der Waals surface area contributed by atoms with E-state index in [2.05, 4.69) is 43.0 Å². The number of aryl methyl sites for hydroxylation is 2. The number of hydrogen-bond donors (Lipinski definition) is 2. The van der Waals surface area contributed by atoms with Gasteiger partial charge in [0.15, 0.2) is 0 Å². The van der Waals surface area contributed by atoms with E-state index in [9.17, 15) is 5.11 Å². The van der Waals surface area contributed by atoms with Crippen LogP contribution in [0.3, 0.4) is 0 Å². The van der Waals surface area contributed by atoms with E-state index in [4.69, 9.17) is 5.73 Å². The van der Waals surface area contributed by atoms with Crippen molar-refractivity contribution in [2.45, 2.75) is 32.3 Å². The summed E-state index contributed by atoms with van der Waals surface area (Å²) in [7, 11) is 0. The molecule has 2 aromatic carbocycles. The zero-order valence-electron chi connectivity index (χ0n) is 13.0. The van der Waals surface area contributed by atoms with Crippen molar-refractivity contribution in [3.8, 4) is 11.8 Å². The van der Waals surface area contributed by atoms with Gasteiger partial charge in [-0.2, -0.15) is 0 Å². The Kier molecular flexibility index (Phi) is 6.21. The van der Waals surface area contributed by atoms with E-state index in [-0.39, 0.29) is 0 Å². The molecule has 0 fully saturated rings. The molecule has 2 heteroatoms. The molecule has 0 aliphatic carbocycles. The number of aliphatic hydroxyl groups is 1. The van der Waals surface area contributed by atoms with Crippen LogP contribution < -0.4 is 5.73 Å². The van der Waals surface area contributed by atoms with Crippen LogP contribution in [-0.2, 0) is 6.42 Å². The normalized spacial score (nSPS) is 11.6. The van der Waals surface area contributed by atoms with Crippen LogP contribution in [0.15, 0.2) is 48.5 Å². The summed E-state index contributed by atoms with van der Waals surface area (Å²) in [5, 5.41) is 9.97. The van der Waals surface area contributed by atoms with Crippen molar-refractivity contribution in [2.24, 2.45) is 5.73 Å². The van der Waals surface area contributed by atoms with Crippen LogP contribution in [-0.4, -0.2) is 11.7 Å². The van der Waals surface area contributed by atoms with Crippen LogP contribution in [0, 0.1) is 18.8 Å². The number of rotatable bonds is 5. The second-order valence-electron chi connectivity index (χ2n) is 5.45. The van der Waals surface area contributed by atoms with E-state index < -0.39 is 6.10 Å². The summed E-state index contributed by atoms with van der Waals surface area (Å²) < 4.78 is 0. The number of benzene rings is 2. The van der Waals surface area contributed by atoms with E-state index >= 15 is 0 Å². The average molecular weight is 293 g/mol. The SMILES string of the molecule is Cc1ccccc1CCC#Cc1cccc(C(O)CCN)c1. The summed E-state index contributed by atoms with van der Waals surface area (Å²) in [6.07, 6.45) is 1.87. The summed E-state index contributed by atoms with van der Waals surface area (Å²) in [6, 6.07) is 16.2. The largest absolute Gasteiger partial charge is 0.388 e. The molecule has 114 valence electrons. The Balaban J connectivity index is 1.97. The summed E-state index contributed by atoms with van der Waals surface area (Å²) >= 11 is 0. The maximum atomic E-state index is 9.97. The first-order valence-corrected chi connectivity index (χ1v) is 7.72. The van der Waals surface area contributed by atoms with Crippen LogP contribution in [0.4, 0.5) is 0 Å². The molecule has 0 spiro atoms. The number of hydrogen-bond acceptors (Lipinski definition) is 2. The summed E-state index contributed by atoms with van der Waals surface area (Å²) in [6.45, 7) is 2.61. The maximum absolute atomic E-state index is 9.97. The fourth-order valence-electron chi connectivity index (χ4n) is 2.40. The topological polar surface area (TPSA) is 46.2 Å².